The van der Waals surface area contributed by atoms with Crippen LogP contribution in [0.1, 0.15) is 155 Å². The molecule has 0 aliphatic carbocycles. The first kappa shape index (κ1) is 30.1. The van der Waals surface area contributed by atoms with Gasteiger partial charge in [-0.1, -0.05) is 148 Å². The summed E-state index contributed by atoms with van der Waals surface area (Å²) in [6.07, 6.45) is 29.2. The van der Waals surface area contributed by atoms with Crippen LogP contribution < -0.4 is 4.90 Å². The topological polar surface area (TPSA) is 3.24 Å². The van der Waals surface area contributed by atoms with E-state index >= 15 is 0 Å². The van der Waals surface area contributed by atoms with Crippen LogP contribution >= 0.6 is 0 Å². The Balaban J connectivity index is 2.52. The molecule has 0 aromatic heterocycles. The maximum Gasteiger partial charge on any atom is 0.0398 e. The van der Waals surface area contributed by atoms with Gasteiger partial charge in [0.2, 0.25) is 0 Å². The van der Waals surface area contributed by atoms with Crippen LogP contribution in [-0.2, 0) is 6.42 Å². The highest BCUT2D eigenvalue weighted by Crippen LogP contribution is 2.24. The summed E-state index contributed by atoms with van der Waals surface area (Å²) in [5.41, 5.74) is 3.14. The Labute approximate surface area is 209 Å². The zero-order chi connectivity index (χ0) is 23.8. The third-order valence-electron chi connectivity index (χ3n) is 7.20. The zero-order valence-electron chi connectivity index (χ0n) is 23.0. The minimum absolute atomic E-state index is 1.25. The summed E-state index contributed by atoms with van der Waals surface area (Å²) in [6.45, 7) is 9.42. The molecule has 1 rings (SSSR count). The lowest BCUT2D eigenvalue weighted by molar-refractivity contribution is 0.560. The first-order chi connectivity index (χ1) is 16.3. The fraction of sp³-hybridized carbons (Fsp3) is 0.812. The number of para-hydroxylation sites is 1. The molecule has 0 N–H and O–H groups in total. The van der Waals surface area contributed by atoms with Crippen molar-refractivity contribution in [2.45, 2.75) is 156 Å². The molecule has 192 valence electrons. The van der Waals surface area contributed by atoms with Crippen LogP contribution in [0.2, 0.25) is 0 Å². The van der Waals surface area contributed by atoms with Crippen molar-refractivity contribution in [3.63, 3.8) is 0 Å². The minimum atomic E-state index is 1.25. The normalized spacial score (nSPS) is 11.2. The van der Waals surface area contributed by atoms with Crippen LogP contribution in [0.5, 0.6) is 0 Å². The third-order valence-corrected chi connectivity index (χ3v) is 7.20. The number of benzene rings is 1. The molecule has 0 atom stereocenters. The van der Waals surface area contributed by atoms with Gasteiger partial charge >= 0.3 is 0 Å². The molecule has 0 aliphatic rings. The molecular weight excluding hydrogens is 398 g/mol. The van der Waals surface area contributed by atoms with Crippen molar-refractivity contribution >= 4 is 5.69 Å². The number of aryl methyl sites for hydroxylation is 1. The van der Waals surface area contributed by atoms with Gasteiger partial charge < -0.3 is 4.90 Å². The van der Waals surface area contributed by atoms with E-state index in [1.165, 1.54) is 148 Å². The first-order valence-corrected chi connectivity index (χ1v) is 15.2. The average molecular weight is 458 g/mol. The van der Waals surface area contributed by atoms with E-state index in [2.05, 4.69) is 49.9 Å². The predicted octanol–water partition coefficient (Wildman–Crippen LogP) is 10.9. The van der Waals surface area contributed by atoms with E-state index in [1.807, 2.05) is 0 Å². The van der Waals surface area contributed by atoms with Crippen molar-refractivity contribution in [2.75, 3.05) is 18.0 Å². The Bertz CT molecular complexity index is 523. The zero-order valence-corrected chi connectivity index (χ0v) is 23.0. The Kier molecular flexibility index (Phi) is 20.8. The molecule has 0 radical (unpaired) electrons. The van der Waals surface area contributed by atoms with Gasteiger partial charge in [0, 0.05) is 18.8 Å². The van der Waals surface area contributed by atoms with Crippen LogP contribution in [0.3, 0.4) is 0 Å². The number of hydrogen-bond acceptors (Lipinski definition) is 1. The molecule has 0 unspecified atom stereocenters. The van der Waals surface area contributed by atoms with E-state index in [1.54, 1.807) is 11.3 Å². The molecule has 0 spiro atoms. The minimum Gasteiger partial charge on any atom is -0.371 e. The lowest BCUT2D eigenvalue weighted by Crippen LogP contribution is -2.27. The van der Waals surface area contributed by atoms with Gasteiger partial charge in [-0.25, -0.2) is 0 Å². The number of hydrogen-bond donors (Lipinski definition) is 0. The number of unbranched alkanes of at least 4 members (excludes halogenated alkanes) is 17. The second-order valence-corrected chi connectivity index (χ2v) is 10.4. The van der Waals surface area contributed by atoms with Crippen LogP contribution in [-0.4, -0.2) is 13.1 Å². The van der Waals surface area contributed by atoms with E-state index < -0.39 is 0 Å². The van der Waals surface area contributed by atoms with Crippen molar-refractivity contribution in [1.29, 1.82) is 0 Å². The molecule has 0 heterocycles. The van der Waals surface area contributed by atoms with Crippen molar-refractivity contribution < 1.29 is 0 Å². The summed E-state index contributed by atoms with van der Waals surface area (Å²) in [7, 11) is 0. The van der Waals surface area contributed by atoms with Crippen LogP contribution in [0.25, 0.3) is 0 Å². The van der Waals surface area contributed by atoms with E-state index in [4.69, 9.17) is 0 Å². The largest absolute Gasteiger partial charge is 0.371 e. The van der Waals surface area contributed by atoms with E-state index in [9.17, 15) is 0 Å². The lowest BCUT2D eigenvalue weighted by atomic mass is 10.0. The van der Waals surface area contributed by atoms with Crippen molar-refractivity contribution in [3.05, 3.63) is 29.8 Å². The van der Waals surface area contributed by atoms with Crippen LogP contribution in [0.15, 0.2) is 24.3 Å². The smallest absolute Gasteiger partial charge is 0.0398 e. The highest BCUT2D eigenvalue weighted by molar-refractivity contribution is 5.53. The summed E-state index contributed by atoms with van der Waals surface area (Å²) >= 11 is 0. The highest BCUT2D eigenvalue weighted by atomic mass is 15.1. The molecule has 33 heavy (non-hydrogen) atoms. The Morgan fingerprint density at radius 1 is 0.455 bits per heavy atom. The molecule has 0 bridgehead atoms. The summed E-state index contributed by atoms with van der Waals surface area (Å²) < 4.78 is 0. The fourth-order valence-corrected chi connectivity index (χ4v) is 5.00. The summed E-state index contributed by atoms with van der Waals surface area (Å²) in [5.74, 6) is 0. The fourth-order valence-electron chi connectivity index (χ4n) is 5.00. The Morgan fingerprint density at radius 2 is 0.848 bits per heavy atom. The summed E-state index contributed by atoms with van der Waals surface area (Å²) in [6, 6.07) is 9.34. The SMILES string of the molecule is CCCCCCCCCCN(CCCCCCCC)c1ccccc1CCCCCCCC. The van der Waals surface area contributed by atoms with Gasteiger partial charge in [-0.2, -0.15) is 0 Å². The van der Waals surface area contributed by atoms with E-state index in [-0.39, 0.29) is 0 Å². The van der Waals surface area contributed by atoms with Gasteiger partial charge in [-0.15, -0.1) is 0 Å². The van der Waals surface area contributed by atoms with Crippen LogP contribution in [0.4, 0.5) is 5.69 Å². The maximum absolute atomic E-state index is 2.75. The first-order valence-electron chi connectivity index (χ1n) is 15.2. The van der Waals surface area contributed by atoms with Gasteiger partial charge in [0.05, 0.1) is 0 Å². The number of rotatable bonds is 24. The van der Waals surface area contributed by atoms with E-state index in [0.29, 0.717) is 0 Å². The lowest BCUT2D eigenvalue weighted by Gasteiger charge is -2.27. The Hall–Kier alpha value is -0.980. The molecule has 0 saturated heterocycles. The molecule has 1 aromatic carbocycles. The van der Waals surface area contributed by atoms with Gasteiger partial charge in [-0.3, -0.25) is 0 Å². The molecule has 1 heteroatoms. The molecule has 0 fully saturated rings. The standard InChI is InChI=1S/C32H59N/c1-4-7-10-13-16-17-20-25-30-33(29-24-19-15-12-9-6-3)32-28-23-22-27-31(32)26-21-18-14-11-8-5-2/h22-23,27-28H,4-21,24-26,29-30H2,1-3H3. The van der Waals surface area contributed by atoms with Crippen molar-refractivity contribution in [2.24, 2.45) is 0 Å². The summed E-state index contributed by atoms with van der Waals surface area (Å²) in [5, 5.41) is 0. The molecular formula is C32H59N. The molecule has 0 saturated carbocycles. The monoisotopic (exact) mass is 457 g/mol. The molecule has 0 amide bonds. The average Bonchev–Trinajstić information content (AvgIpc) is 2.84. The van der Waals surface area contributed by atoms with Gasteiger partial charge in [-0.05, 0) is 37.3 Å². The predicted molar refractivity (Wildman–Crippen MR) is 152 cm³/mol. The highest BCUT2D eigenvalue weighted by Gasteiger charge is 2.11. The maximum atomic E-state index is 2.75. The number of anilines is 1. The van der Waals surface area contributed by atoms with Crippen molar-refractivity contribution in [1.82, 2.24) is 0 Å². The second-order valence-electron chi connectivity index (χ2n) is 10.4. The quantitative estimate of drug-likeness (QED) is 0.139. The molecule has 0 aliphatic heterocycles. The molecule has 1 aromatic rings. The third kappa shape index (κ3) is 16.3. The second kappa shape index (κ2) is 22.8. The van der Waals surface area contributed by atoms with Gasteiger partial charge in [0.15, 0.2) is 0 Å². The van der Waals surface area contributed by atoms with Crippen molar-refractivity contribution in [3.8, 4) is 0 Å². The van der Waals surface area contributed by atoms with E-state index in [0.717, 1.165) is 0 Å². The van der Waals surface area contributed by atoms with Crippen LogP contribution in [0, 0.1) is 0 Å². The Morgan fingerprint density at radius 3 is 1.33 bits per heavy atom. The van der Waals surface area contributed by atoms with Gasteiger partial charge in [0.1, 0.15) is 0 Å². The van der Waals surface area contributed by atoms with Gasteiger partial charge in [0.25, 0.3) is 0 Å². The summed E-state index contributed by atoms with van der Waals surface area (Å²) in [4.78, 5) is 2.75. The molecule has 1 nitrogen and oxygen atoms in total. The number of nitrogens with zero attached hydrogens (tertiary/aromatic N) is 1.